The zero-order chi connectivity index (χ0) is 16.2. The third-order valence-electron chi connectivity index (χ3n) is 2.82. The Labute approximate surface area is 130 Å². The molecule has 23 heavy (non-hydrogen) atoms. The number of hydrogen-bond donors (Lipinski definition) is 0. The minimum Gasteiger partial charge on any atom is -0.425 e. The average molecular weight is 315 g/mol. The minimum absolute atomic E-state index is 0.169. The summed E-state index contributed by atoms with van der Waals surface area (Å²) < 4.78 is 6.49. The number of carbonyl (C=O) groups is 1. The molecule has 0 spiro atoms. The molecule has 0 saturated carbocycles. The first kappa shape index (κ1) is 14.6. The number of rotatable bonds is 5. The fourth-order valence-corrected chi connectivity index (χ4v) is 1.83. The van der Waals surface area contributed by atoms with E-state index in [1.165, 1.54) is 9.47 Å². The van der Waals surface area contributed by atoms with Crippen molar-refractivity contribution in [3.8, 4) is 17.4 Å². The van der Waals surface area contributed by atoms with Gasteiger partial charge in [0.05, 0.1) is 0 Å². The zero-order valence-electron chi connectivity index (χ0n) is 12.4. The van der Waals surface area contributed by atoms with Gasteiger partial charge in [-0.15, -0.1) is 15.0 Å². The molecule has 0 saturated heterocycles. The van der Waals surface area contributed by atoms with Crippen LogP contribution in [0.15, 0.2) is 30.3 Å². The lowest BCUT2D eigenvalue weighted by Crippen LogP contribution is -2.28. The quantitative estimate of drug-likeness (QED) is 0.437. The Morgan fingerprint density at radius 2 is 1.78 bits per heavy atom. The topological polar surface area (TPSA) is 117 Å². The van der Waals surface area contributed by atoms with Crippen LogP contribution in [0.3, 0.4) is 0 Å². The maximum Gasteiger partial charge on any atom is 0.333 e. The number of nitrogens with zero attached hydrogens (tertiary/aromatic N) is 9. The van der Waals surface area contributed by atoms with Crippen molar-refractivity contribution >= 4 is 5.97 Å². The van der Waals surface area contributed by atoms with E-state index in [0.717, 1.165) is 0 Å². The van der Waals surface area contributed by atoms with Crippen LogP contribution in [0.2, 0.25) is 0 Å². The van der Waals surface area contributed by atoms with Crippen LogP contribution in [-0.2, 0) is 11.3 Å². The van der Waals surface area contributed by atoms with Gasteiger partial charge in [-0.25, -0.2) is 9.48 Å². The van der Waals surface area contributed by atoms with Crippen LogP contribution < -0.4 is 9.75 Å². The van der Waals surface area contributed by atoms with Gasteiger partial charge >= 0.3 is 5.97 Å². The zero-order valence-corrected chi connectivity index (χ0v) is 12.4. The molecular weight excluding hydrogens is 302 g/mol. The highest BCUT2D eigenvalue weighted by Gasteiger charge is 2.20. The van der Waals surface area contributed by atoms with E-state index in [9.17, 15) is 4.79 Å². The molecule has 0 aliphatic carbocycles. The van der Waals surface area contributed by atoms with Gasteiger partial charge in [-0.1, -0.05) is 18.2 Å². The van der Waals surface area contributed by atoms with Crippen LogP contribution in [0.5, 0.6) is 5.75 Å². The van der Waals surface area contributed by atoms with Gasteiger partial charge in [-0.2, -0.15) is 0 Å². The third-order valence-corrected chi connectivity index (χ3v) is 2.82. The van der Waals surface area contributed by atoms with E-state index in [0.29, 0.717) is 11.6 Å². The van der Waals surface area contributed by atoms with E-state index in [4.69, 9.17) is 4.74 Å². The largest absolute Gasteiger partial charge is 0.425 e. The van der Waals surface area contributed by atoms with E-state index in [1.54, 1.807) is 43.4 Å². The number of aromatic nitrogens is 8. The molecule has 3 aromatic rings. The van der Waals surface area contributed by atoms with Crippen molar-refractivity contribution in [2.45, 2.75) is 6.54 Å². The second-order valence-electron chi connectivity index (χ2n) is 4.69. The first-order valence-electron chi connectivity index (χ1n) is 6.63. The maximum absolute atomic E-state index is 12.0. The van der Waals surface area contributed by atoms with Gasteiger partial charge in [-0.3, -0.25) is 5.01 Å². The Bertz CT molecular complexity index is 796. The van der Waals surface area contributed by atoms with Gasteiger partial charge in [0.2, 0.25) is 11.6 Å². The summed E-state index contributed by atoms with van der Waals surface area (Å²) in [5.74, 6) is 0.514. The summed E-state index contributed by atoms with van der Waals surface area (Å²) in [6.07, 6.45) is 0. The van der Waals surface area contributed by atoms with E-state index in [2.05, 4.69) is 31.1 Å². The van der Waals surface area contributed by atoms with Crippen molar-refractivity contribution in [1.29, 1.82) is 0 Å². The molecule has 0 amide bonds. The number of tetrazole rings is 2. The molecule has 0 fully saturated rings. The van der Waals surface area contributed by atoms with Crippen LogP contribution in [0, 0.1) is 0 Å². The molecule has 0 N–H and O–H groups in total. The van der Waals surface area contributed by atoms with Gasteiger partial charge < -0.3 is 4.74 Å². The highest BCUT2D eigenvalue weighted by Crippen LogP contribution is 2.12. The first-order valence-corrected chi connectivity index (χ1v) is 6.63. The molecule has 0 aliphatic rings. The Morgan fingerprint density at radius 3 is 2.52 bits per heavy atom. The molecular formula is C12H13N9O2. The molecule has 3 rings (SSSR count). The summed E-state index contributed by atoms with van der Waals surface area (Å²) in [4.78, 5) is 13.4. The van der Waals surface area contributed by atoms with Gasteiger partial charge in [0.25, 0.3) is 0 Å². The predicted molar refractivity (Wildman–Crippen MR) is 76.8 cm³/mol. The Kier molecular flexibility index (Phi) is 3.91. The average Bonchev–Trinajstić information content (AvgIpc) is 3.16. The number of carbonyl (C=O) groups excluding carboxylic acids is 1. The summed E-state index contributed by atoms with van der Waals surface area (Å²) >= 11 is 0. The van der Waals surface area contributed by atoms with E-state index in [1.807, 2.05) is 6.07 Å². The number of hydrogen-bond acceptors (Lipinski definition) is 9. The molecule has 0 unspecified atom stereocenters. The summed E-state index contributed by atoms with van der Waals surface area (Å²) in [7, 11) is 3.52. The summed E-state index contributed by atoms with van der Waals surface area (Å²) in [6, 6.07) is 8.75. The van der Waals surface area contributed by atoms with Crippen molar-refractivity contribution in [2.75, 3.05) is 19.1 Å². The van der Waals surface area contributed by atoms with Gasteiger partial charge in [0.1, 0.15) is 12.3 Å². The Balaban J connectivity index is 1.79. The van der Waals surface area contributed by atoms with Crippen LogP contribution in [-0.4, -0.2) is 60.6 Å². The normalized spacial score (nSPS) is 10.5. The Hall–Kier alpha value is -3.37. The standard InChI is InChI=1S/C12H13N9O2/c1-19(2)21-12(14-16-18-21)11-13-15-17-20(11)8-10(22)23-9-6-4-3-5-7-9/h3-7H,8H2,1-2H3. The molecule has 0 bridgehead atoms. The lowest BCUT2D eigenvalue weighted by Gasteiger charge is -2.12. The van der Waals surface area contributed by atoms with E-state index in [-0.39, 0.29) is 12.4 Å². The summed E-state index contributed by atoms with van der Waals surface area (Å²) in [6.45, 7) is -0.169. The second kappa shape index (κ2) is 6.17. The van der Waals surface area contributed by atoms with Gasteiger partial charge in [-0.05, 0) is 33.0 Å². The summed E-state index contributed by atoms with van der Waals surface area (Å²) in [5.41, 5.74) is 0. The smallest absolute Gasteiger partial charge is 0.333 e. The molecule has 1 aromatic carbocycles. The molecule has 0 radical (unpaired) electrons. The predicted octanol–water partition coefficient (Wildman–Crippen LogP) is -0.870. The van der Waals surface area contributed by atoms with E-state index < -0.39 is 5.97 Å². The summed E-state index contributed by atoms with van der Waals surface area (Å²) in [5, 5.41) is 24.1. The van der Waals surface area contributed by atoms with Crippen molar-refractivity contribution in [3.63, 3.8) is 0 Å². The molecule has 118 valence electrons. The van der Waals surface area contributed by atoms with Crippen molar-refractivity contribution in [2.24, 2.45) is 0 Å². The molecule has 11 heteroatoms. The fourth-order valence-electron chi connectivity index (χ4n) is 1.83. The van der Waals surface area contributed by atoms with Crippen LogP contribution in [0.1, 0.15) is 0 Å². The molecule has 2 aromatic heterocycles. The maximum atomic E-state index is 12.0. The van der Waals surface area contributed by atoms with Crippen LogP contribution in [0.4, 0.5) is 0 Å². The van der Waals surface area contributed by atoms with Crippen molar-refractivity contribution in [1.82, 2.24) is 40.5 Å². The van der Waals surface area contributed by atoms with Gasteiger partial charge in [0, 0.05) is 14.1 Å². The Morgan fingerprint density at radius 1 is 1.09 bits per heavy atom. The monoisotopic (exact) mass is 315 g/mol. The van der Waals surface area contributed by atoms with Crippen LogP contribution in [0.25, 0.3) is 11.6 Å². The number of para-hydroxylation sites is 1. The molecule has 0 atom stereocenters. The van der Waals surface area contributed by atoms with Crippen LogP contribution >= 0.6 is 0 Å². The first-order chi connectivity index (χ1) is 11.1. The van der Waals surface area contributed by atoms with Crippen molar-refractivity contribution < 1.29 is 9.53 Å². The van der Waals surface area contributed by atoms with Gasteiger partial charge in [0.15, 0.2) is 0 Å². The van der Waals surface area contributed by atoms with E-state index >= 15 is 0 Å². The fraction of sp³-hybridized carbons (Fsp3) is 0.250. The molecule has 11 nitrogen and oxygen atoms in total. The molecule has 0 aliphatic heterocycles. The lowest BCUT2D eigenvalue weighted by atomic mass is 10.3. The third kappa shape index (κ3) is 3.12. The lowest BCUT2D eigenvalue weighted by molar-refractivity contribution is -0.135. The second-order valence-corrected chi connectivity index (χ2v) is 4.69. The number of benzene rings is 1. The molecule has 2 heterocycles. The van der Waals surface area contributed by atoms with Crippen molar-refractivity contribution in [3.05, 3.63) is 30.3 Å². The number of esters is 1. The SMILES string of the molecule is CN(C)n1nnnc1-c1nnnn1CC(=O)Oc1ccccc1. The highest BCUT2D eigenvalue weighted by molar-refractivity contribution is 5.72. The minimum atomic E-state index is -0.506. The number of ether oxygens (including phenoxy) is 1. The highest BCUT2D eigenvalue weighted by atomic mass is 16.5.